The lowest BCUT2D eigenvalue weighted by atomic mass is 9.76. The van der Waals surface area contributed by atoms with E-state index >= 15 is 0 Å². The SMILES string of the molecule is CC(C)(C)c1cc(-c2c3c4ccc5c6c(ccc(c3c(-c3cc(C(C)(C)C)cc(C(C)(C)C)c3)c3c7ccc8c9ccc%10c%11c(-c%12cc(C(C)(C)C)cc(C(C)(C)C)c%12)c%12c%13ccc%14c%15c(ccc(c%12c(-c%12cc(C(C)(C)C)cc(C(C)(C)C)c%12)c%11c%11ccc(c%12ccc(c23)c7c%128)c9c%11%10)c%15%13)C(=O)NC%14=O)c64)C(=O)NC5=O)cc(C(C)(C)C)c1. The highest BCUT2D eigenvalue weighted by molar-refractivity contribution is 6.54. The molecule has 0 aliphatic carbocycles. The predicted octanol–water partition coefficient (Wildman–Crippen LogP) is 29.8. The summed E-state index contributed by atoms with van der Waals surface area (Å²) in [6.07, 6.45) is 0. The Morgan fingerprint density at radius 1 is 0.161 bits per heavy atom. The molecular formula is C112H102N2O4. The zero-order chi connectivity index (χ0) is 83.2. The molecule has 0 saturated heterocycles. The monoisotopic (exact) mass is 1540 g/mol. The van der Waals surface area contributed by atoms with Crippen molar-refractivity contribution in [1.82, 2.24) is 10.6 Å². The summed E-state index contributed by atoms with van der Waals surface area (Å²) in [7, 11) is 0. The molecule has 0 spiro atoms. The van der Waals surface area contributed by atoms with Gasteiger partial charge in [0.2, 0.25) is 0 Å². The van der Waals surface area contributed by atoms with Crippen LogP contribution >= 0.6 is 0 Å². The Labute approximate surface area is 690 Å². The third-order valence-corrected chi connectivity index (χ3v) is 27.6. The van der Waals surface area contributed by atoms with Crippen molar-refractivity contribution in [2.75, 3.05) is 0 Å². The first-order valence-corrected chi connectivity index (χ1v) is 42.5. The molecule has 584 valence electrons. The molecule has 0 atom stereocenters. The molecule has 0 unspecified atom stereocenters. The summed E-state index contributed by atoms with van der Waals surface area (Å²) >= 11 is 0. The second kappa shape index (κ2) is 23.2. The highest BCUT2D eigenvalue weighted by Crippen LogP contribution is 2.63. The van der Waals surface area contributed by atoms with E-state index in [2.05, 4.69) is 322 Å². The summed E-state index contributed by atoms with van der Waals surface area (Å²) in [5, 5.41) is 36.6. The molecule has 19 aromatic carbocycles. The van der Waals surface area contributed by atoms with Crippen LogP contribution in [0.2, 0.25) is 0 Å². The van der Waals surface area contributed by atoms with Crippen molar-refractivity contribution in [1.29, 1.82) is 0 Å². The molecule has 0 bridgehead atoms. The Morgan fingerprint density at radius 3 is 0.458 bits per heavy atom. The number of hydrogen-bond donors (Lipinski definition) is 2. The summed E-state index contributed by atoms with van der Waals surface area (Å²) in [4.78, 5) is 57.2. The van der Waals surface area contributed by atoms with E-state index in [1.54, 1.807) is 0 Å². The maximum Gasteiger partial charge on any atom is 0.258 e. The number of rotatable bonds is 4. The predicted molar refractivity (Wildman–Crippen MR) is 502 cm³/mol. The fourth-order valence-corrected chi connectivity index (χ4v) is 21.1. The van der Waals surface area contributed by atoms with Gasteiger partial charge in [-0.25, -0.2) is 0 Å². The fraction of sp³-hybridized carbons (Fsp3) is 0.286. The first-order chi connectivity index (χ1) is 55.2. The lowest BCUT2D eigenvalue weighted by molar-refractivity contribution is 0.0828. The van der Waals surface area contributed by atoms with E-state index in [4.69, 9.17) is 0 Å². The van der Waals surface area contributed by atoms with Crippen molar-refractivity contribution >= 4 is 174 Å². The second-order valence-electron chi connectivity index (χ2n) is 43.5. The minimum Gasteiger partial charge on any atom is -0.288 e. The normalized spacial score (nSPS) is 14.6. The number of hydrogen-bond acceptors (Lipinski definition) is 4. The molecule has 0 aromatic heterocycles. The number of carbonyl (C=O) groups excluding carboxylic acids is 4. The molecule has 6 nitrogen and oxygen atoms in total. The second-order valence-corrected chi connectivity index (χ2v) is 43.5. The first kappa shape index (κ1) is 74.0. The average molecular weight is 1540 g/mol. The van der Waals surface area contributed by atoms with Crippen LogP contribution in [-0.2, 0) is 43.3 Å². The molecule has 0 saturated carbocycles. The van der Waals surface area contributed by atoms with Crippen LogP contribution in [0.25, 0.3) is 195 Å². The Balaban J connectivity index is 0.979. The molecule has 19 aromatic rings. The van der Waals surface area contributed by atoms with Gasteiger partial charge in [0.15, 0.2) is 0 Å². The van der Waals surface area contributed by atoms with Crippen LogP contribution in [-0.4, -0.2) is 23.6 Å². The van der Waals surface area contributed by atoms with Gasteiger partial charge in [-0.3, -0.25) is 29.8 Å². The smallest absolute Gasteiger partial charge is 0.258 e. The van der Waals surface area contributed by atoms with Crippen LogP contribution < -0.4 is 10.6 Å². The van der Waals surface area contributed by atoms with Crippen molar-refractivity contribution in [3.05, 3.63) is 237 Å². The number of fused-ring (bicyclic) bond motifs is 14. The van der Waals surface area contributed by atoms with E-state index in [0.29, 0.717) is 33.0 Å². The molecular weight excluding hydrogens is 1440 g/mol. The first-order valence-electron chi connectivity index (χ1n) is 42.5. The topological polar surface area (TPSA) is 92.3 Å². The number of carbonyl (C=O) groups is 4. The van der Waals surface area contributed by atoms with E-state index in [9.17, 15) is 19.2 Å². The minimum absolute atomic E-state index is 0.218. The maximum absolute atomic E-state index is 14.3. The van der Waals surface area contributed by atoms with Gasteiger partial charge in [0.1, 0.15) is 0 Å². The average Bonchev–Trinajstić information content (AvgIpc) is 1.50. The van der Waals surface area contributed by atoms with Crippen LogP contribution in [0.5, 0.6) is 0 Å². The molecule has 2 aliphatic heterocycles. The van der Waals surface area contributed by atoms with Gasteiger partial charge < -0.3 is 0 Å². The Kier molecular flexibility index (Phi) is 14.6. The van der Waals surface area contributed by atoms with Crippen molar-refractivity contribution in [2.24, 2.45) is 0 Å². The van der Waals surface area contributed by atoms with E-state index < -0.39 is 0 Å². The standard InChI is InChI=1S/C112H102N2O4/c1-105(2,3)57-41-53(42-58(49-57)106(4,5)6)81-93-69-29-25-65-67-27-31-71-88-72(32-28-68(86(67)88)66-26-30-70(87(69)85(65)66)94(93)82(54-43-59(107(7,8)9)50-60(44-54)108(10,11)12)98-74-34-38-78-91-77(101(115)113-102(78)116)37-33-73(89(74)91)97(81)98)96-84(56-47-63(111(19,20)21)52-64(48-56)112(22,23)24)100-76-36-40-80-92-79(103(117)114-104(80)118)39-35-75(90(76)92)99(100)83(95(71)96)55-45-61(109(13,14)15)51-62(46-55)110(16,17)18/h25-52H,1-24H3,(H,113,115,116)(H,114,117,118). The van der Waals surface area contributed by atoms with E-state index in [0.717, 1.165) is 98.4 Å². The van der Waals surface area contributed by atoms with Gasteiger partial charge in [-0.15, -0.1) is 0 Å². The van der Waals surface area contributed by atoms with Crippen molar-refractivity contribution in [3.63, 3.8) is 0 Å². The third-order valence-electron chi connectivity index (χ3n) is 27.6. The molecule has 4 amide bonds. The molecule has 2 aliphatic rings. The lowest BCUT2D eigenvalue weighted by Gasteiger charge is -2.28. The van der Waals surface area contributed by atoms with Gasteiger partial charge >= 0.3 is 0 Å². The zero-order valence-corrected chi connectivity index (χ0v) is 72.8. The van der Waals surface area contributed by atoms with Gasteiger partial charge in [-0.05, 0) is 297 Å². The molecule has 2 N–H and O–H groups in total. The van der Waals surface area contributed by atoms with E-state index in [1.165, 1.54) is 131 Å². The Bertz CT molecular complexity index is 6810. The van der Waals surface area contributed by atoms with Crippen LogP contribution in [0.4, 0.5) is 0 Å². The van der Waals surface area contributed by atoms with E-state index in [-0.39, 0.29) is 66.9 Å². The molecule has 0 fully saturated rings. The van der Waals surface area contributed by atoms with Gasteiger partial charge in [0.25, 0.3) is 23.6 Å². The summed E-state index contributed by atoms with van der Waals surface area (Å²) < 4.78 is 0. The third kappa shape index (κ3) is 10.1. The summed E-state index contributed by atoms with van der Waals surface area (Å²) in [5.74, 6) is -1.49. The van der Waals surface area contributed by atoms with Crippen LogP contribution in [0.1, 0.15) is 252 Å². The van der Waals surface area contributed by atoms with Gasteiger partial charge in [-0.1, -0.05) is 312 Å². The number of amides is 4. The molecule has 6 heteroatoms. The van der Waals surface area contributed by atoms with Crippen LogP contribution in [0.3, 0.4) is 0 Å². The fourth-order valence-electron chi connectivity index (χ4n) is 21.1. The summed E-state index contributed by atoms with van der Waals surface area (Å²) in [5.41, 5.74) is 19.5. The molecule has 118 heavy (non-hydrogen) atoms. The van der Waals surface area contributed by atoms with Crippen LogP contribution in [0.15, 0.2) is 170 Å². The quantitative estimate of drug-likeness (QED) is 0.104. The molecule has 0 radical (unpaired) electrons. The van der Waals surface area contributed by atoms with Gasteiger partial charge in [-0.2, -0.15) is 0 Å². The maximum atomic E-state index is 14.3. The summed E-state index contributed by atoms with van der Waals surface area (Å²) in [6, 6.07) is 65.9. The Morgan fingerprint density at radius 2 is 0.297 bits per heavy atom. The molecule has 2 heterocycles. The number of imide groups is 2. The zero-order valence-electron chi connectivity index (χ0n) is 72.8. The van der Waals surface area contributed by atoms with Gasteiger partial charge in [0, 0.05) is 33.0 Å². The Hall–Kier alpha value is -11.6. The highest BCUT2D eigenvalue weighted by Gasteiger charge is 2.39. The lowest BCUT2D eigenvalue weighted by Crippen LogP contribution is -2.34. The number of benzene rings is 15. The number of nitrogens with one attached hydrogen (secondary N) is 2. The van der Waals surface area contributed by atoms with E-state index in [1.807, 2.05) is 24.3 Å². The summed E-state index contributed by atoms with van der Waals surface area (Å²) in [6.45, 7) is 56.0. The molecule has 21 rings (SSSR count). The van der Waals surface area contributed by atoms with Crippen molar-refractivity contribution in [3.8, 4) is 44.5 Å². The highest BCUT2D eigenvalue weighted by atomic mass is 16.2. The van der Waals surface area contributed by atoms with Crippen molar-refractivity contribution < 1.29 is 19.2 Å². The minimum atomic E-state index is -0.373. The van der Waals surface area contributed by atoms with Crippen molar-refractivity contribution in [2.45, 2.75) is 209 Å². The van der Waals surface area contributed by atoms with Crippen LogP contribution in [0, 0.1) is 0 Å². The van der Waals surface area contributed by atoms with Gasteiger partial charge in [0.05, 0.1) is 0 Å². The largest absolute Gasteiger partial charge is 0.288 e.